The van der Waals surface area contributed by atoms with Crippen LogP contribution in [0.2, 0.25) is 0 Å². The first-order valence-corrected chi connectivity index (χ1v) is 9.23. The van der Waals surface area contributed by atoms with Gasteiger partial charge < -0.3 is 20.1 Å². The molecule has 142 valence electrons. The zero-order chi connectivity index (χ0) is 19.2. The maximum Gasteiger partial charge on any atom is 0.251 e. The van der Waals surface area contributed by atoms with Crippen molar-refractivity contribution in [2.45, 2.75) is 6.42 Å². The van der Waals surface area contributed by atoms with Crippen LogP contribution in [0, 0.1) is 0 Å². The first kappa shape index (κ1) is 17.9. The first-order valence-electron chi connectivity index (χ1n) is 9.23. The summed E-state index contributed by atoms with van der Waals surface area (Å²) in [6.07, 6.45) is 2.41. The maximum absolute atomic E-state index is 12.4. The molecule has 6 nitrogen and oxygen atoms in total. The highest BCUT2D eigenvalue weighted by molar-refractivity contribution is 5.94. The molecule has 0 fully saturated rings. The molecule has 2 N–H and O–H groups in total. The molecule has 28 heavy (non-hydrogen) atoms. The van der Waals surface area contributed by atoms with Crippen molar-refractivity contribution in [1.29, 1.82) is 0 Å². The SMILES string of the molecule is O=C(NCCc1ccccc1)c1ccnc(Nc2ccc3c(c2)OCCO3)c1. The molecule has 0 radical (unpaired) electrons. The molecule has 2 aromatic carbocycles. The largest absolute Gasteiger partial charge is 0.486 e. The van der Waals surface area contributed by atoms with Gasteiger partial charge in [0.15, 0.2) is 11.5 Å². The average Bonchev–Trinajstić information content (AvgIpc) is 2.74. The average molecular weight is 375 g/mol. The van der Waals surface area contributed by atoms with Gasteiger partial charge in [-0.1, -0.05) is 30.3 Å². The van der Waals surface area contributed by atoms with Gasteiger partial charge in [-0.05, 0) is 36.2 Å². The number of hydrogen-bond acceptors (Lipinski definition) is 5. The fraction of sp³-hybridized carbons (Fsp3) is 0.182. The number of benzene rings is 2. The number of carbonyl (C=O) groups is 1. The van der Waals surface area contributed by atoms with Crippen LogP contribution in [0.4, 0.5) is 11.5 Å². The minimum absolute atomic E-state index is 0.122. The van der Waals surface area contributed by atoms with Gasteiger partial charge >= 0.3 is 0 Å². The molecule has 3 aromatic rings. The number of amides is 1. The van der Waals surface area contributed by atoms with Gasteiger partial charge in [-0.3, -0.25) is 4.79 Å². The van der Waals surface area contributed by atoms with Crippen LogP contribution in [-0.4, -0.2) is 30.6 Å². The zero-order valence-corrected chi connectivity index (χ0v) is 15.4. The summed E-state index contributed by atoms with van der Waals surface area (Å²) in [7, 11) is 0. The van der Waals surface area contributed by atoms with Crippen LogP contribution >= 0.6 is 0 Å². The normalized spacial score (nSPS) is 12.3. The highest BCUT2D eigenvalue weighted by atomic mass is 16.6. The van der Waals surface area contributed by atoms with E-state index in [9.17, 15) is 4.79 Å². The molecule has 0 atom stereocenters. The fourth-order valence-corrected chi connectivity index (χ4v) is 2.98. The lowest BCUT2D eigenvalue weighted by molar-refractivity contribution is 0.0954. The van der Waals surface area contributed by atoms with Gasteiger partial charge in [0.05, 0.1) is 0 Å². The molecular weight excluding hydrogens is 354 g/mol. The van der Waals surface area contributed by atoms with Crippen LogP contribution in [0.15, 0.2) is 66.9 Å². The van der Waals surface area contributed by atoms with E-state index in [0.717, 1.165) is 17.9 Å². The zero-order valence-electron chi connectivity index (χ0n) is 15.4. The van der Waals surface area contributed by atoms with Gasteiger partial charge in [-0.15, -0.1) is 0 Å². The second kappa shape index (κ2) is 8.43. The Hall–Kier alpha value is -3.54. The van der Waals surface area contributed by atoms with Crippen molar-refractivity contribution >= 4 is 17.4 Å². The third kappa shape index (κ3) is 4.40. The minimum Gasteiger partial charge on any atom is -0.486 e. The lowest BCUT2D eigenvalue weighted by Crippen LogP contribution is -2.25. The van der Waals surface area contributed by atoms with Gasteiger partial charge in [0.1, 0.15) is 19.0 Å². The Morgan fingerprint density at radius 1 is 0.964 bits per heavy atom. The Labute approximate surface area is 163 Å². The number of rotatable bonds is 6. The number of anilines is 2. The Kier molecular flexibility index (Phi) is 5.38. The summed E-state index contributed by atoms with van der Waals surface area (Å²) in [6.45, 7) is 1.67. The summed E-state index contributed by atoms with van der Waals surface area (Å²) in [5.74, 6) is 1.90. The molecule has 4 rings (SSSR count). The van der Waals surface area contributed by atoms with E-state index in [1.807, 2.05) is 48.5 Å². The summed E-state index contributed by atoms with van der Waals surface area (Å²) >= 11 is 0. The van der Waals surface area contributed by atoms with E-state index in [4.69, 9.17) is 9.47 Å². The summed E-state index contributed by atoms with van der Waals surface area (Å²) in [6, 6.07) is 19.1. The van der Waals surface area contributed by atoms with Crippen LogP contribution in [0.25, 0.3) is 0 Å². The number of carbonyl (C=O) groups excluding carboxylic acids is 1. The molecule has 1 aliphatic rings. The fourth-order valence-electron chi connectivity index (χ4n) is 2.98. The lowest BCUT2D eigenvalue weighted by Gasteiger charge is -2.19. The predicted molar refractivity (Wildman–Crippen MR) is 107 cm³/mol. The smallest absolute Gasteiger partial charge is 0.251 e. The summed E-state index contributed by atoms with van der Waals surface area (Å²) in [4.78, 5) is 16.7. The summed E-state index contributed by atoms with van der Waals surface area (Å²) < 4.78 is 11.1. The summed E-state index contributed by atoms with van der Waals surface area (Å²) in [5, 5.41) is 6.15. The van der Waals surface area contributed by atoms with Crippen LogP contribution < -0.4 is 20.1 Å². The molecule has 0 saturated carbocycles. The van der Waals surface area contributed by atoms with E-state index >= 15 is 0 Å². The Morgan fingerprint density at radius 2 is 1.79 bits per heavy atom. The number of aromatic nitrogens is 1. The molecule has 6 heteroatoms. The van der Waals surface area contributed by atoms with Crippen LogP contribution in [0.1, 0.15) is 15.9 Å². The second-order valence-electron chi connectivity index (χ2n) is 6.40. The van der Waals surface area contributed by atoms with Crippen molar-refractivity contribution in [3.63, 3.8) is 0 Å². The van der Waals surface area contributed by atoms with Gasteiger partial charge in [0, 0.05) is 30.1 Å². The first-order chi connectivity index (χ1) is 13.8. The minimum atomic E-state index is -0.122. The number of hydrogen-bond donors (Lipinski definition) is 2. The Bertz CT molecular complexity index is 960. The highest BCUT2D eigenvalue weighted by Crippen LogP contribution is 2.33. The molecule has 0 saturated heterocycles. The number of ether oxygens (including phenoxy) is 2. The highest BCUT2D eigenvalue weighted by Gasteiger charge is 2.12. The monoisotopic (exact) mass is 375 g/mol. The molecule has 0 unspecified atom stereocenters. The molecule has 1 aromatic heterocycles. The van der Waals surface area contributed by atoms with Crippen LogP contribution in [0.5, 0.6) is 11.5 Å². The topological polar surface area (TPSA) is 72.5 Å². The van der Waals surface area contributed by atoms with E-state index in [2.05, 4.69) is 15.6 Å². The third-order valence-electron chi connectivity index (χ3n) is 4.38. The van der Waals surface area contributed by atoms with Crippen molar-refractivity contribution in [2.75, 3.05) is 25.1 Å². The molecule has 0 spiro atoms. The standard InChI is InChI=1S/C22H21N3O3/c26-22(24-10-8-16-4-2-1-3-5-16)17-9-11-23-21(14-17)25-18-6-7-19-20(15-18)28-13-12-27-19/h1-7,9,11,14-15H,8,10,12-13H2,(H,23,25)(H,24,26). The van der Waals surface area contributed by atoms with Crippen LogP contribution in [0.3, 0.4) is 0 Å². The van der Waals surface area contributed by atoms with Gasteiger partial charge in [-0.2, -0.15) is 0 Å². The van der Waals surface area contributed by atoms with Crippen molar-refractivity contribution in [1.82, 2.24) is 10.3 Å². The van der Waals surface area contributed by atoms with Gasteiger partial charge in [0.25, 0.3) is 5.91 Å². The molecule has 2 heterocycles. The Balaban J connectivity index is 1.37. The predicted octanol–water partition coefficient (Wildman–Crippen LogP) is 3.57. The van der Waals surface area contributed by atoms with Crippen molar-refractivity contribution in [2.24, 2.45) is 0 Å². The quantitative estimate of drug-likeness (QED) is 0.689. The van der Waals surface area contributed by atoms with Gasteiger partial charge in [-0.25, -0.2) is 4.98 Å². The molecular formula is C22H21N3O3. The van der Waals surface area contributed by atoms with Crippen molar-refractivity contribution in [3.8, 4) is 11.5 Å². The molecule has 1 aliphatic heterocycles. The van der Waals surface area contributed by atoms with Crippen molar-refractivity contribution < 1.29 is 14.3 Å². The van der Waals surface area contributed by atoms with E-state index in [1.165, 1.54) is 5.56 Å². The number of nitrogens with zero attached hydrogens (tertiary/aromatic N) is 1. The number of nitrogens with one attached hydrogen (secondary N) is 2. The molecule has 0 bridgehead atoms. The summed E-state index contributed by atoms with van der Waals surface area (Å²) in [5.41, 5.74) is 2.57. The van der Waals surface area contributed by atoms with E-state index in [1.54, 1.807) is 18.3 Å². The lowest BCUT2D eigenvalue weighted by atomic mass is 10.1. The maximum atomic E-state index is 12.4. The molecule has 1 amide bonds. The number of pyridine rings is 1. The van der Waals surface area contributed by atoms with E-state index in [0.29, 0.717) is 36.9 Å². The van der Waals surface area contributed by atoms with Crippen molar-refractivity contribution in [3.05, 3.63) is 78.0 Å². The second-order valence-corrected chi connectivity index (χ2v) is 6.40. The van der Waals surface area contributed by atoms with Crippen LogP contribution in [-0.2, 0) is 6.42 Å². The number of fused-ring (bicyclic) bond motifs is 1. The van der Waals surface area contributed by atoms with E-state index in [-0.39, 0.29) is 5.91 Å². The van der Waals surface area contributed by atoms with Gasteiger partial charge in [0.2, 0.25) is 0 Å². The van der Waals surface area contributed by atoms with E-state index < -0.39 is 0 Å². The Morgan fingerprint density at radius 3 is 2.64 bits per heavy atom. The third-order valence-corrected chi connectivity index (χ3v) is 4.38. The molecule has 0 aliphatic carbocycles.